The van der Waals surface area contributed by atoms with Gasteiger partial charge in [-0.15, -0.1) is 0 Å². The van der Waals surface area contributed by atoms with Gasteiger partial charge >= 0.3 is 0 Å². The summed E-state index contributed by atoms with van der Waals surface area (Å²) in [4.78, 5) is 24.4. The highest BCUT2D eigenvalue weighted by molar-refractivity contribution is 6.03. The number of aryl methyl sites for hydroxylation is 2. The fraction of sp³-hybridized carbons (Fsp3) is 0.111. The van der Waals surface area contributed by atoms with Crippen molar-refractivity contribution in [2.45, 2.75) is 13.8 Å². The number of amides is 1. The van der Waals surface area contributed by atoms with Crippen LogP contribution in [0.4, 0.5) is 5.69 Å². The molecule has 2 aromatic carbocycles. The first kappa shape index (κ1) is 14.1. The van der Waals surface area contributed by atoms with Crippen LogP contribution in [0.15, 0.2) is 57.7 Å². The van der Waals surface area contributed by atoms with Gasteiger partial charge in [0.25, 0.3) is 5.91 Å². The fourth-order valence-corrected chi connectivity index (χ4v) is 2.35. The molecule has 3 aromatic rings. The zero-order chi connectivity index (χ0) is 15.7. The first-order valence-corrected chi connectivity index (χ1v) is 6.96. The second-order valence-corrected chi connectivity index (χ2v) is 5.25. The molecule has 0 aliphatic carbocycles. The molecule has 0 aliphatic heterocycles. The third kappa shape index (κ3) is 2.63. The predicted molar refractivity (Wildman–Crippen MR) is 86.4 cm³/mol. The molecule has 1 amide bonds. The highest BCUT2D eigenvalue weighted by Gasteiger charge is 2.13. The molecular weight excluding hydrogens is 278 g/mol. The van der Waals surface area contributed by atoms with Gasteiger partial charge in [0.05, 0.1) is 5.39 Å². The number of para-hydroxylation sites is 1. The molecular formula is C18H15NO3. The van der Waals surface area contributed by atoms with E-state index in [0.717, 1.165) is 11.1 Å². The van der Waals surface area contributed by atoms with Crippen LogP contribution in [0.5, 0.6) is 0 Å². The molecule has 0 aliphatic rings. The third-order valence-electron chi connectivity index (χ3n) is 3.45. The van der Waals surface area contributed by atoms with Crippen molar-refractivity contribution in [2.24, 2.45) is 0 Å². The van der Waals surface area contributed by atoms with Gasteiger partial charge in [0.2, 0.25) is 0 Å². The molecule has 0 spiro atoms. The maximum Gasteiger partial charge on any atom is 0.291 e. The molecule has 110 valence electrons. The number of rotatable bonds is 2. The number of carbonyl (C=O) groups is 1. The molecule has 1 heterocycles. The van der Waals surface area contributed by atoms with Crippen molar-refractivity contribution in [1.82, 2.24) is 0 Å². The molecule has 0 saturated heterocycles. The molecule has 1 N–H and O–H groups in total. The molecule has 0 saturated carbocycles. The van der Waals surface area contributed by atoms with Crippen LogP contribution >= 0.6 is 0 Å². The number of carbonyl (C=O) groups excluding carboxylic acids is 1. The van der Waals surface area contributed by atoms with Gasteiger partial charge in [0.15, 0.2) is 11.2 Å². The maximum absolute atomic E-state index is 12.3. The van der Waals surface area contributed by atoms with Gasteiger partial charge in [-0.2, -0.15) is 0 Å². The van der Waals surface area contributed by atoms with E-state index >= 15 is 0 Å². The summed E-state index contributed by atoms with van der Waals surface area (Å²) in [6.45, 7) is 3.78. The van der Waals surface area contributed by atoms with Gasteiger partial charge in [-0.05, 0) is 43.2 Å². The molecule has 0 bridgehead atoms. The quantitative estimate of drug-likeness (QED) is 0.784. The summed E-state index contributed by atoms with van der Waals surface area (Å²) in [5.41, 5.74) is 2.75. The lowest BCUT2D eigenvalue weighted by molar-refractivity contribution is 0.0997. The largest absolute Gasteiger partial charge is 0.450 e. The minimum absolute atomic E-state index is 0.00769. The van der Waals surface area contributed by atoms with Crippen LogP contribution in [0.3, 0.4) is 0 Å². The monoisotopic (exact) mass is 293 g/mol. The van der Waals surface area contributed by atoms with E-state index in [1.54, 1.807) is 18.2 Å². The van der Waals surface area contributed by atoms with Crippen molar-refractivity contribution < 1.29 is 9.21 Å². The summed E-state index contributed by atoms with van der Waals surface area (Å²) < 4.78 is 5.63. The van der Waals surface area contributed by atoms with Crippen LogP contribution in [-0.2, 0) is 0 Å². The molecule has 0 unspecified atom stereocenters. The van der Waals surface area contributed by atoms with Gasteiger partial charge in [-0.3, -0.25) is 9.59 Å². The molecule has 0 radical (unpaired) electrons. The number of anilines is 1. The minimum Gasteiger partial charge on any atom is -0.450 e. The Morgan fingerprint density at radius 2 is 1.82 bits per heavy atom. The standard InChI is InChI=1S/C18H15NO3/c1-11-5-3-7-13(9-11)19-18(21)16-10-15(20)14-8-4-6-12(2)17(14)22-16/h3-10H,1-2H3,(H,19,21). The molecule has 0 fully saturated rings. The highest BCUT2D eigenvalue weighted by atomic mass is 16.3. The summed E-state index contributed by atoms with van der Waals surface area (Å²) in [5.74, 6) is -0.429. The Bertz CT molecular complexity index is 925. The van der Waals surface area contributed by atoms with Gasteiger partial charge in [0, 0.05) is 11.8 Å². The summed E-state index contributed by atoms with van der Waals surface area (Å²) in [5, 5.41) is 3.22. The van der Waals surface area contributed by atoms with Crippen LogP contribution in [-0.4, -0.2) is 5.91 Å². The van der Waals surface area contributed by atoms with Gasteiger partial charge < -0.3 is 9.73 Å². The first-order chi connectivity index (χ1) is 10.5. The van der Waals surface area contributed by atoms with E-state index in [1.807, 2.05) is 38.1 Å². The predicted octanol–water partition coefficient (Wildman–Crippen LogP) is 3.66. The number of benzene rings is 2. The second-order valence-electron chi connectivity index (χ2n) is 5.25. The molecule has 3 rings (SSSR count). The van der Waals surface area contributed by atoms with E-state index in [1.165, 1.54) is 6.07 Å². The lowest BCUT2D eigenvalue weighted by Gasteiger charge is -2.07. The number of hydrogen-bond donors (Lipinski definition) is 1. The summed E-state index contributed by atoms with van der Waals surface area (Å²) in [7, 11) is 0. The maximum atomic E-state index is 12.3. The molecule has 22 heavy (non-hydrogen) atoms. The van der Waals surface area contributed by atoms with Crippen LogP contribution in [0, 0.1) is 13.8 Å². The summed E-state index contributed by atoms with van der Waals surface area (Å²) in [6, 6.07) is 14.0. The van der Waals surface area contributed by atoms with Gasteiger partial charge in [0.1, 0.15) is 5.58 Å². The normalized spacial score (nSPS) is 10.6. The number of nitrogens with one attached hydrogen (secondary N) is 1. The number of fused-ring (bicyclic) bond motifs is 1. The third-order valence-corrected chi connectivity index (χ3v) is 3.45. The Morgan fingerprint density at radius 3 is 2.59 bits per heavy atom. The Morgan fingerprint density at radius 1 is 1.05 bits per heavy atom. The van der Waals surface area contributed by atoms with Crippen molar-refractivity contribution >= 4 is 22.6 Å². The van der Waals surface area contributed by atoms with Gasteiger partial charge in [-0.25, -0.2) is 0 Å². The van der Waals surface area contributed by atoms with Crippen molar-refractivity contribution in [1.29, 1.82) is 0 Å². The van der Waals surface area contributed by atoms with Crippen molar-refractivity contribution in [2.75, 3.05) is 5.32 Å². The van der Waals surface area contributed by atoms with Crippen molar-refractivity contribution in [3.63, 3.8) is 0 Å². The average molecular weight is 293 g/mol. The van der Waals surface area contributed by atoms with E-state index in [0.29, 0.717) is 16.7 Å². The van der Waals surface area contributed by atoms with Crippen LogP contribution in [0.25, 0.3) is 11.0 Å². The lowest BCUT2D eigenvalue weighted by Crippen LogP contribution is -2.15. The molecule has 0 atom stereocenters. The van der Waals surface area contributed by atoms with Gasteiger partial charge in [-0.1, -0.05) is 24.3 Å². The van der Waals surface area contributed by atoms with Crippen molar-refractivity contribution in [3.8, 4) is 0 Å². The molecule has 4 nitrogen and oxygen atoms in total. The minimum atomic E-state index is -0.437. The summed E-state index contributed by atoms with van der Waals surface area (Å²) >= 11 is 0. The van der Waals surface area contributed by atoms with E-state index < -0.39 is 5.91 Å². The van der Waals surface area contributed by atoms with Crippen LogP contribution < -0.4 is 10.7 Å². The SMILES string of the molecule is Cc1cccc(NC(=O)c2cc(=O)c3cccc(C)c3o2)c1. The fourth-order valence-electron chi connectivity index (χ4n) is 2.35. The van der Waals surface area contributed by atoms with E-state index in [4.69, 9.17) is 4.42 Å². The zero-order valence-electron chi connectivity index (χ0n) is 12.3. The summed E-state index contributed by atoms with van der Waals surface area (Å²) in [6.07, 6.45) is 0. The Hall–Kier alpha value is -2.88. The smallest absolute Gasteiger partial charge is 0.291 e. The molecule has 4 heteroatoms. The van der Waals surface area contributed by atoms with Crippen LogP contribution in [0.1, 0.15) is 21.7 Å². The van der Waals surface area contributed by atoms with E-state index in [-0.39, 0.29) is 11.2 Å². The first-order valence-electron chi connectivity index (χ1n) is 6.96. The van der Waals surface area contributed by atoms with E-state index in [9.17, 15) is 9.59 Å². The Kier molecular flexibility index (Phi) is 3.51. The zero-order valence-corrected chi connectivity index (χ0v) is 12.3. The lowest BCUT2D eigenvalue weighted by atomic mass is 10.1. The second kappa shape index (κ2) is 5.48. The highest BCUT2D eigenvalue weighted by Crippen LogP contribution is 2.18. The Balaban J connectivity index is 2.01. The van der Waals surface area contributed by atoms with E-state index in [2.05, 4.69) is 5.32 Å². The number of hydrogen-bond acceptors (Lipinski definition) is 3. The topological polar surface area (TPSA) is 59.3 Å². The van der Waals surface area contributed by atoms with Crippen molar-refractivity contribution in [3.05, 3.63) is 75.6 Å². The molecule has 1 aromatic heterocycles. The van der Waals surface area contributed by atoms with Crippen LogP contribution in [0.2, 0.25) is 0 Å². The average Bonchev–Trinajstić information content (AvgIpc) is 2.48. The Labute approximate surface area is 127 Å².